The molecule has 1 saturated heterocycles. The van der Waals surface area contributed by atoms with Crippen LogP contribution in [0.4, 0.5) is 0 Å². The Morgan fingerprint density at radius 1 is 1.50 bits per heavy atom. The molecule has 0 spiro atoms. The Bertz CT molecular complexity index is 404. The van der Waals surface area contributed by atoms with Gasteiger partial charge in [-0.2, -0.15) is 0 Å². The number of likely N-dealkylation sites (tertiary alicyclic amines) is 1. The second-order valence-corrected chi connectivity index (χ2v) is 4.91. The summed E-state index contributed by atoms with van der Waals surface area (Å²) in [5.41, 5.74) is 1.69. The van der Waals surface area contributed by atoms with Crippen molar-refractivity contribution in [1.29, 1.82) is 0 Å². The first-order valence-electron chi connectivity index (χ1n) is 6.39. The molecule has 0 bridgehead atoms. The number of hydrogen-bond donors (Lipinski definition) is 1. The highest BCUT2D eigenvalue weighted by Gasteiger charge is 2.23. The molecule has 18 heavy (non-hydrogen) atoms. The summed E-state index contributed by atoms with van der Waals surface area (Å²) in [6.45, 7) is 3.45. The minimum atomic E-state index is 0.0936. The predicted molar refractivity (Wildman–Crippen MR) is 68.9 cm³/mol. The molecular weight excluding hydrogens is 228 g/mol. The van der Waals surface area contributed by atoms with Crippen molar-refractivity contribution in [1.82, 2.24) is 20.2 Å². The van der Waals surface area contributed by atoms with E-state index >= 15 is 0 Å². The summed E-state index contributed by atoms with van der Waals surface area (Å²) in [6.07, 6.45) is 6.31. The highest BCUT2D eigenvalue weighted by atomic mass is 16.1. The van der Waals surface area contributed by atoms with Crippen molar-refractivity contribution >= 4 is 5.91 Å². The van der Waals surface area contributed by atoms with Crippen LogP contribution in [0.25, 0.3) is 0 Å². The van der Waals surface area contributed by atoms with Gasteiger partial charge in [0.1, 0.15) is 0 Å². The number of nitrogens with zero attached hydrogens (tertiary/aromatic N) is 3. The maximum Gasteiger partial charge on any atom is 0.221 e. The third-order valence-electron chi connectivity index (χ3n) is 3.39. The van der Waals surface area contributed by atoms with Crippen LogP contribution in [0.15, 0.2) is 12.4 Å². The fourth-order valence-electron chi connectivity index (χ4n) is 2.22. The molecule has 1 N–H and O–H groups in total. The molecule has 98 valence electrons. The molecule has 1 fully saturated rings. The van der Waals surface area contributed by atoms with E-state index in [2.05, 4.69) is 27.2 Å². The van der Waals surface area contributed by atoms with E-state index in [4.69, 9.17) is 0 Å². The third-order valence-corrected chi connectivity index (χ3v) is 3.39. The van der Waals surface area contributed by atoms with Crippen LogP contribution in [0.2, 0.25) is 0 Å². The average molecular weight is 248 g/mol. The number of hydrogen-bond acceptors (Lipinski definition) is 4. The van der Waals surface area contributed by atoms with E-state index in [1.807, 2.05) is 6.92 Å². The maximum atomic E-state index is 11.8. The van der Waals surface area contributed by atoms with E-state index in [-0.39, 0.29) is 5.91 Å². The van der Waals surface area contributed by atoms with Crippen LogP contribution >= 0.6 is 0 Å². The van der Waals surface area contributed by atoms with Gasteiger partial charge >= 0.3 is 0 Å². The smallest absolute Gasteiger partial charge is 0.221 e. The first-order chi connectivity index (χ1) is 8.65. The maximum absolute atomic E-state index is 11.8. The van der Waals surface area contributed by atoms with Crippen LogP contribution in [0.1, 0.15) is 30.7 Å². The highest BCUT2D eigenvalue weighted by Crippen LogP contribution is 2.17. The molecule has 1 aliphatic heterocycles. The molecule has 0 saturated carbocycles. The summed E-state index contributed by atoms with van der Waals surface area (Å²) < 4.78 is 0. The van der Waals surface area contributed by atoms with Gasteiger partial charge in [-0.25, -0.2) is 0 Å². The number of amides is 1. The van der Waals surface area contributed by atoms with Gasteiger partial charge in [-0.1, -0.05) is 0 Å². The van der Waals surface area contributed by atoms with E-state index < -0.39 is 0 Å². The lowest BCUT2D eigenvalue weighted by molar-refractivity contribution is -0.122. The molecule has 0 aliphatic carbocycles. The van der Waals surface area contributed by atoms with Gasteiger partial charge in [-0.15, -0.1) is 0 Å². The molecule has 0 radical (unpaired) electrons. The van der Waals surface area contributed by atoms with Crippen molar-refractivity contribution in [2.24, 2.45) is 0 Å². The minimum absolute atomic E-state index is 0.0936. The van der Waals surface area contributed by atoms with Gasteiger partial charge in [0.05, 0.1) is 24.1 Å². The first-order valence-corrected chi connectivity index (χ1v) is 6.39. The van der Waals surface area contributed by atoms with Crippen LogP contribution < -0.4 is 5.32 Å². The number of nitrogens with one attached hydrogen (secondary N) is 1. The van der Waals surface area contributed by atoms with Crippen molar-refractivity contribution < 1.29 is 4.79 Å². The topological polar surface area (TPSA) is 58.1 Å². The van der Waals surface area contributed by atoms with Crippen molar-refractivity contribution in [3.8, 4) is 0 Å². The highest BCUT2D eigenvalue weighted by molar-refractivity contribution is 5.76. The van der Waals surface area contributed by atoms with Gasteiger partial charge in [-0.3, -0.25) is 14.8 Å². The number of aromatic nitrogens is 2. The molecule has 0 aromatic carbocycles. The second kappa shape index (κ2) is 5.91. The van der Waals surface area contributed by atoms with Gasteiger partial charge in [-0.05, 0) is 33.4 Å². The van der Waals surface area contributed by atoms with E-state index in [1.165, 1.54) is 6.42 Å². The molecule has 5 heteroatoms. The Morgan fingerprint density at radius 3 is 2.94 bits per heavy atom. The number of rotatable bonds is 4. The Hall–Kier alpha value is -1.49. The molecule has 1 unspecified atom stereocenters. The zero-order chi connectivity index (χ0) is 13.0. The Kier molecular flexibility index (Phi) is 4.25. The lowest BCUT2D eigenvalue weighted by atomic mass is 10.1. The van der Waals surface area contributed by atoms with Gasteiger partial charge in [0.2, 0.25) is 5.91 Å². The second-order valence-electron chi connectivity index (χ2n) is 4.91. The summed E-state index contributed by atoms with van der Waals surface area (Å²) in [7, 11) is 2.08. The summed E-state index contributed by atoms with van der Waals surface area (Å²) in [5, 5.41) is 2.90. The monoisotopic (exact) mass is 248 g/mol. The quantitative estimate of drug-likeness (QED) is 0.859. The standard InChI is InChI=1S/C13H20N4O/c1-10-7-15-11(8-14-10)9-16-13(18)6-12-4-3-5-17(12)2/h7-8,12H,3-6,9H2,1-2H3,(H,16,18). The minimum Gasteiger partial charge on any atom is -0.350 e. The van der Waals surface area contributed by atoms with Crippen molar-refractivity contribution in [2.75, 3.05) is 13.6 Å². The van der Waals surface area contributed by atoms with Crippen LogP contribution in [0, 0.1) is 6.92 Å². The van der Waals surface area contributed by atoms with E-state index in [9.17, 15) is 4.79 Å². The van der Waals surface area contributed by atoms with Crippen molar-refractivity contribution in [3.63, 3.8) is 0 Å². The van der Waals surface area contributed by atoms with E-state index in [1.54, 1.807) is 12.4 Å². The van der Waals surface area contributed by atoms with E-state index in [0.717, 1.165) is 24.4 Å². The summed E-state index contributed by atoms with van der Waals surface area (Å²) in [5.74, 6) is 0.0936. The molecular formula is C13H20N4O. The van der Waals surface area contributed by atoms with Crippen LogP contribution in [-0.4, -0.2) is 40.4 Å². The van der Waals surface area contributed by atoms with Crippen molar-refractivity contribution in [2.45, 2.75) is 38.8 Å². The molecule has 5 nitrogen and oxygen atoms in total. The molecule has 1 amide bonds. The fourth-order valence-corrected chi connectivity index (χ4v) is 2.22. The average Bonchev–Trinajstić information content (AvgIpc) is 2.74. The van der Waals surface area contributed by atoms with E-state index in [0.29, 0.717) is 19.0 Å². The summed E-state index contributed by atoms with van der Waals surface area (Å²) in [6, 6.07) is 0.397. The largest absolute Gasteiger partial charge is 0.350 e. The Morgan fingerprint density at radius 2 is 2.33 bits per heavy atom. The van der Waals surface area contributed by atoms with Crippen LogP contribution in [-0.2, 0) is 11.3 Å². The van der Waals surface area contributed by atoms with Gasteiger partial charge in [0.25, 0.3) is 0 Å². The fraction of sp³-hybridized carbons (Fsp3) is 0.615. The van der Waals surface area contributed by atoms with Gasteiger partial charge in [0.15, 0.2) is 0 Å². The van der Waals surface area contributed by atoms with Gasteiger partial charge in [0, 0.05) is 18.7 Å². The van der Waals surface area contributed by atoms with Crippen LogP contribution in [0.3, 0.4) is 0 Å². The molecule has 1 aromatic heterocycles. The number of carbonyl (C=O) groups is 1. The molecule has 2 heterocycles. The zero-order valence-corrected chi connectivity index (χ0v) is 11.0. The normalized spacial score (nSPS) is 20.0. The molecule has 1 atom stereocenters. The Balaban J connectivity index is 1.76. The van der Waals surface area contributed by atoms with Crippen LogP contribution in [0.5, 0.6) is 0 Å². The predicted octanol–water partition coefficient (Wildman–Crippen LogP) is 0.886. The summed E-state index contributed by atoms with van der Waals surface area (Å²) >= 11 is 0. The number of carbonyl (C=O) groups excluding carboxylic acids is 1. The third kappa shape index (κ3) is 3.50. The lowest BCUT2D eigenvalue weighted by Gasteiger charge is -2.18. The van der Waals surface area contributed by atoms with Crippen molar-refractivity contribution in [3.05, 3.63) is 23.8 Å². The summed E-state index contributed by atoms with van der Waals surface area (Å²) in [4.78, 5) is 22.4. The number of aryl methyl sites for hydroxylation is 1. The zero-order valence-electron chi connectivity index (χ0n) is 11.0. The Labute approximate surface area is 108 Å². The first kappa shape index (κ1) is 13.0. The molecule has 1 aliphatic rings. The SMILES string of the molecule is Cc1cnc(CNC(=O)CC2CCCN2C)cn1. The van der Waals surface area contributed by atoms with Gasteiger partial charge < -0.3 is 10.2 Å². The lowest BCUT2D eigenvalue weighted by Crippen LogP contribution is -2.33. The molecule has 1 aromatic rings. The molecule has 2 rings (SSSR count).